The van der Waals surface area contributed by atoms with E-state index in [1.54, 1.807) is 18.2 Å². The number of aliphatic imine (C=N–C) groups is 1. The van der Waals surface area contributed by atoms with Crippen LogP contribution in [0.2, 0.25) is 0 Å². The van der Waals surface area contributed by atoms with E-state index < -0.39 is 23.5 Å². The number of likely N-dealkylation sites (N-methyl/N-ethyl adjacent to an activating group) is 1. The van der Waals surface area contributed by atoms with E-state index in [1.165, 1.54) is 10.7 Å². The van der Waals surface area contributed by atoms with Crippen molar-refractivity contribution in [2.45, 2.75) is 11.7 Å². The number of nitrogens with one attached hydrogen (secondary N) is 1. The molecular formula is C24H23ClF4N6O3. The lowest BCUT2D eigenvalue weighted by atomic mass is 10.0. The van der Waals surface area contributed by atoms with Crippen LogP contribution in [0.4, 0.5) is 17.6 Å². The normalized spacial score (nSPS) is 14.7. The Kier molecular flexibility index (Phi) is 8.52. The molecule has 0 bridgehead atoms. The summed E-state index contributed by atoms with van der Waals surface area (Å²) in [5.41, 5.74) is 1.08. The van der Waals surface area contributed by atoms with Gasteiger partial charge in [-0.3, -0.25) is 9.79 Å². The molecule has 0 saturated heterocycles. The number of aromatic nitrogens is 3. The number of aliphatic carboxylic acids is 1. The minimum absolute atomic E-state index is 0.0152. The maximum Gasteiger partial charge on any atom is 0.430 e. The van der Waals surface area contributed by atoms with E-state index in [1.807, 2.05) is 45.4 Å². The molecule has 0 aliphatic carbocycles. The molecule has 2 heterocycles. The predicted molar refractivity (Wildman–Crippen MR) is 128 cm³/mol. The van der Waals surface area contributed by atoms with Crippen molar-refractivity contribution >= 4 is 29.2 Å². The number of carboxylic acids is 1. The molecule has 1 aliphatic heterocycles. The highest BCUT2D eigenvalue weighted by Crippen LogP contribution is 2.32. The van der Waals surface area contributed by atoms with E-state index in [0.29, 0.717) is 34.9 Å². The summed E-state index contributed by atoms with van der Waals surface area (Å²) in [6.07, 6.45) is -5.19. The van der Waals surface area contributed by atoms with E-state index in [2.05, 4.69) is 20.4 Å². The van der Waals surface area contributed by atoms with Gasteiger partial charge in [0.1, 0.15) is 11.8 Å². The van der Waals surface area contributed by atoms with Gasteiger partial charge in [0, 0.05) is 11.1 Å². The number of hydrogen-bond donors (Lipinski definition) is 1. The molecule has 9 nitrogen and oxygen atoms in total. The van der Waals surface area contributed by atoms with E-state index in [9.17, 15) is 22.4 Å². The second-order valence-electron chi connectivity index (χ2n) is 9.07. The smallest absolute Gasteiger partial charge is 0.430 e. The number of hydrogen-bond acceptors (Lipinski definition) is 6. The van der Waals surface area contributed by atoms with Gasteiger partial charge in [0.15, 0.2) is 11.3 Å². The number of halogens is 5. The molecule has 0 radical (unpaired) electrons. The number of carbonyl (C=O) groups is 2. The van der Waals surface area contributed by atoms with Crippen molar-refractivity contribution in [1.29, 1.82) is 0 Å². The third-order valence-electron chi connectivity index (χ3n) is 5.11. The molecule has 1 aliphatic rings. The Balaban J connectivity index is 0.000000505. The molecular weight excluding hydrogens is 532 g/mol. The largest absolute Gasteiger partial charge is 0.542 e. The Bertz CT molecular complexity index is 1370. The number of benzene rings is 2. The van der Waals surface area contributed by atoms with Gasteiger partial charge in [0.2, 0.25) is 5.82 Å². The number of carboxylic acid groups (broad SMARTS) is 1. The van der Waals surface area contributed by atoms with Crippen LogP contribution in [-0.2, 0) is 4.79 Å². The third-order valence-corrected chi connectivity index (χ3v) is 5.40. The Morgan fingerprint density at radius 3 is 2.24 bits per heavy atom. The molecule has 0 spiro atoms. The van der Waals surface area contributed by atoms with Crippen LogP contribution in [0.1, 0.15) is 33.1 Å². The molecule has 4 rings (SSSR count). The summed E-state index contributed by atoms with van der Waals surface area (Å²) in [5.74, 6) is -3.47. The van der Waals surface area contributed by atoms with Crippen LogP contribution in [0.5, 0.6) is 0 Å². The minimum Gasteiger partial charge on any atom is -0.542 e. The molecule has 202 valence electrons. The first-order valence-electron chi connectivity index (χ1n) is 11.1. The molecule has 0 fully saturated rings. The summed E-state index contributed by atoms with van der Waals surface area (Å²) in [6, 6.07) is 13.7. The van der Waals surface area contributed by atoms with Crippen LogP contribution in [0.3, 0.4) is 0 Å². The van der Waals surface area contributed by atoms with Crippen LogP contribution in [0, 0.1) is 5.82 Å². The highest BCUT2D eigenvalue weighted by atomic mass is 35.5. The van der Waals surface area contributed by atoms with Crippen LogP contribution in [-0.4, -0.2) is 77.2 Å². The van der Waals surface area contributed by atoms with E-state index in [0.717, 1.165) is 11.0 Å². The zero-order valence-corrected chi connectivity index (χ0v) is 21.2. The number of nitrogens with zero attached hydrogens (tertiary/aromatic N) is 5. The van der Waals surface area contributed by atoms with Crippen molar-refractivity contribution in [2.75, 3.05) is 34.2 Å². The van der Waals surface area contributed by atoms with Crippen LogP contribution in [0.25, 0.3) is 5.69 Å². The van der Waals surface area contributed by atoms with Crippen LogP contribution < -0.4 is 10.4 Å². The lowest BCUT2D eigenvalue weighted by Gasteiger charge is -2.23. The third kappa shape index (κ3) is 6.92. The fourth-order valence-corrected chi connectivity index (χ4v) is 3.54. The Morgan fingerprint density at radius 2 is 1.66 bits per heavy atom. The average molecular weight is 555 g/mol. The molecule has 3 aromatic rings. The maximum absolute atomic E-state index is 14.5. The van der Waals surface area contributed by atoms with Crippen molar-refractivity contribution in [3.05, 3.63) is 77.1 Å². The first-order chi connectivity index (χ1) is 17.7. The number of para-hydroxylation sites is 1. The number of alkyl halides is 4. The van der Waals surface area contributed by atoms with Gasteiger partial charge < -0.3 is 19.7 Å². The fraction of sp³-hybridized carbons (Fsp3) is 0.292. The lowest BCUT2D eigenvalue weighted by molar-refractivity contribution is -0.869. The molecule has 14 heteroatoms. The number of fused-ring (bicyclic) bond motifs is 3. The van der Waals surface area contributed by atoms with Gasteiger partial charge in [-0.1, -0.05) is 41.9 Å². The lowest BCUT2D eigenvalue weighted by Crippen LogP contribution is -2.42. The summed E-state index contributed by atoms with van der Waals surface area (Å²) in [6.45, 7) is 1.25. The van der Waals surface area contributed by atoms with Crippen molar-refractivity contribution < 1.29 is 36.7 Å². The maximum atomic E-state index is 14.5. The van der Waals surface area contributed by atoms with E-state index in [-0.39, 0.29) is 11.7 Å². The molecule has 0 saturated carbocycles. The quantitative estimate of drug-likeness (QED) is 0.225. The van der Waals surface area contributed by atoms with Crippen molar-refractivity contribution in [3.63, 3.8) is 0 Å². The minimum atomic E-state index is -5.19. The molecule has 1 atom stereocenters. The number of carbonyl (C=O) groups excluding carboxylic acids is 2. The van der Waals surface area contributed by atoms with Gasteiger partial charge in [-0.25, -0.2) is 14.1 Å². The van der Waals surface area contributed by atoms with Gasteiger partial charge in [-0.05, 0) is 18.2 Å². The molecule has 1 aromatic heterocycles. The average Bonchev–Trinajstić information content (AvgIpc) is 3.23. The summed E-state index contributed by atoms with van der Waals surface area (Å²) >= 11 is 6.55. The van der Waals surface area contributed by atoms with Gasteiger partial charge >= 0.3 is 6.18 Å². The second kappa shape index (κ2) is 11.3. The zero-order valence-electron chi connectivity index (χ0n) is 20.5. The molecule has 1 amide bonds. The standard InChI is InChI=1S/C22H22ClFN6O.C2HF3O2/c1-30(2,3)13-12-25-22(31)20-27-21-19(23)26-18(14-8-4-6-10-16(14)24)15-9-5-7-11-17(15)29(21)28-20;3-2(4,5)1(6)7/h4-11,19H,12-13H2,1-3H3;(H,6,7). The van der Waals surface area contributed by atoms with Gasteiger partial charge in [0.05, 0.1) is 45.6 Å². The first kappa shape index (κ1) is 28.7. The van der Waals surface area contributed by atoms with Crippen LogP contribution >= 0.6 is 11.6 Å². The summed E-state index contributed by atoms with van der Waals surface area (Å²) in [4.78, 5) is 30.3. The van der Waals surface area contributed by atoms with Crippen molar-refractivity contribution in [2.24, 2.45) is 4.99 Å². The van der Waals surface area contributed by atoms with E-state index >= 15 is 0 Å². The van der Waals surface area contributed by atoms with E-state index in [4.69, 9.17) is 21.5 Å². The Labute approximate surface area is 220 Å². The Morgan fingerprint density at radius 1 is 1.08 bits per heavy atom. The second-order valence-corrected chi connectivity index (χ2v) is 9.48. The monoisotopic (exact) mass is 554 g/mol. The topological polar surface area (TPSA) is 112 Å². The SMILES string of the molecule is C[N+](C)(C)CCNC(=O)c1nc2n(n1)-c1ccccc1C(c1ccccc1F)=NC2Cl.O=C([O-])C(F)(F)F. The number of rotatable bonds is 5. The Hall–Kier alpha value is -3.84. The van der Waals surface area contributed by atoms with Gasteiger partial charge in [0.25, 0.3) is 5.91 Å². The number of amides is 1. The van der Waals surface area contributed by atoms with Crippen molar-refractivity contribution in [1.82, 2.24) is 20.1 Å². The van der Waals surface area contributed by atoms with Gasteiger partial charge in [-0.15, -0.1) is 5.10 Å². The molecule has 2 aromatic carbocycles. The highest BCUT2D eigenvalue weighted by molar-refractivity contribution is 6.23. The molecule has 1 N–H and O–H groups in total. The number of quaternary nitrogens is 1. The highest BCUT2D eigenvalue weighted by Gasteiger charge is 2.30. The van der Waals surface area contributed by atoms with Crippen LogP contribution in [0.15, 0.2) is 53.5 Å². The summed E-state index contributed by atoms with van der Waals surface area (Å²) < 4.78 is 48.3. The summed E-state index contributed by atoms with van der Waals surface area (Å²) in [7, 11) is 6.14. The molecule has 1 unspecified atom stereocenters. The predicted octanol–water partition coefficient (Wildman–Crippen LogP) is 2.23. The van der Waals surface area contributed by atoms with Crippen molar-refractivity contribution in [3.8, 4) is 5.69 Å². The zero-order chi connectivity index (χ0) is 28.3. The van der Waals surface area contributed by atoms with Gasteiger partial charge in [-0.2, -0.15) is 13.2 Å². The summed E-state index contributed by atoms with van der Waals surface area (Å²) in [5, 5.41) is 16.0. The first-order valence-corrected chi connectivity index (χ1v) is 11.5. The fourth-order valence-electron chi connectivity index (χ4n) is 3.30. The molecule has 38 heavy (non-hydrogen) atoms.